The van der Waals surface area contributed by atoms with Crippen molar-refractivity contribution in [3.05, 3.63) is 34.4 Å². The van der Waals surface area contributed by atoms with Crippen LogP contribution in [0.3, 0.4) is 0 Å². The van der Waals surface area contributed by atoms with E-state index in [-0.39, 0.29) is 11.9 Å². The monoisotopic (exact) mass is 218 g/mol. The number of ether oxygens (including phenoxy) is 1. The molecule has 0 amide bonds. The molecule has 86 valence electrons. The van der Waals surface area contributed by atoms with Crippen molar-refractivity contribution in [1.82, 2.24) is 0 Å². The van der Waals surface area contributed by atoms with Crippen LogP contribution in [0.1, 0.15) is 39.9 Å². The van der Waals surface area contributed by atoms with Crippen LogP contribution in [-0.4, -0.2) is 18.5 Å². The maximum atomic E-state index is 12.3. The summed E-state index contributed by atoms with van der Waals surface area (Å²) in [7, 11) is 0. The first kappa shape index (κ1) is 11.3. The van der Waals surface area contributed by atoms with Crippen LogP contribution in [0.2, 0.25) is 0 Å². The third-order valence-electron chi connectivity index (χ3n) is 3.15. The second-order valence-electron chi connectivity index (χ2n) is 4.64. The van der Waals surface area contributed by atoms with E-state index in [1.165, 1.54) is 5.56 Å². The minimum Gasteiger partial charge on any atom is -0.370 e. The number of aryl methyl sites for hydroxylation is 3. The number of ketones is 1. The molecule has 0 bridgehead atoms. The van der Waals surface area contributed by atoms with Crippen LogP contribution in [0.15, 0.2) is 12.1 Å². The quantitative estimate of drug-likeness (QED) is 0.713. The minimum absolute atomic E-state index is 0.160. The van der Waals surface area contributed by atoms with Gasteiger partial charge in [0.2, 0.25) is 0 Å². The number of hydrogen-bond acceptors (Lipinski definition) is 2. The van der Waals surface area contributed by atoms with Gasteiger partial charge in [-0.15, -0.1) is 0 Å². The van der Waals surface area contributed by atoms with E-state index in [0.717, 1.165) is 36.1 Å². The summed E-state index contributed by atoms with van der Waals surface area (Å²) in [6.07, 6.45) is 1.66. The third-order valence-corrected chi connectivity index (χ3v) is 3.15. The van der Waals surface area contributed by atoms with E-state index in [1.54, 1.807) is 0 Å². The fraction of sp³-hybridized carbons (Fsp3) is 0.500. The fourth-order valence-corrected chi connectivity index (χ4v) is 2.51. The summed E-state index contributed by atoms with van der Waals surface area (Å²) >= 11 is 0. The molecule has 0 aromatic heterocycles. The third kappa shape index (κ3) is 2.03. The first-order valence-corrected chi connectivity index (χ1v) is 5.83. The molecule has 0 spiro atoms. The summed E-state index contributed by atoms with van der Waals surface area (Å²) in [6.45, 7) is 6.78. The number of hydrogen-bond donors (Lipinski definition) is 0. The molecule has 2 nitrogen and oxygen atoms in total. The Morgan fingerprint density at radius 1 is 1.25 bits per heavy atom. The second-order valence-corrected chi connectivity index (χ2v) is 4.64. The van der Waals surface area contributed by atoms with Crippen LogP contribution in [-0.2, 0) is 4.74 Å². The van der Waals surface area contributed by atoms with Gasteiger partial charge in [0.15, 0.2) is 5.78 Å². The van der Waals surface area contributed by atoms with Gasteiger partial charge in [0.1, 0.15) is 6.10 Å². The van der Waals surface area contributed by atoms with E-state index in [4.69, 9.17) is 4.74 Å². The minimum atomic E-state index is -0.208. The molecule has 0 saturated carbocycles. The average Bonchev–Trinajstić information content (AvgIpc) is 2.67. The number of rotatable bonds is 2. The first-order chi connectivity index (χ1) is 7.59. The van der Waals surface area contributed by atoms with Gasteiger partial charge in [-0.3, -0.25) is 4.79 Å². The largest absolute Gasteiger partial charge is 0.370 e. The molecular formula is C14H18O2. The van der Waals surface area contributed by atoms with Crippen molar-refractivity contribution >= 4 is 5.78 Å². The van der Waals surface area contributed by atoms with Gasteiger partial charge in [-0.2, -0.15) is 0 Å². The number of carbonyl (C=O) groups excluding carboxylic acids is 1. The van der Waals surface area contributed by atoms with Crippen molar-refractivity contribution in [2.45, 2.75) is 39.7 Å². The van der Waals surface area contributed by atoms with E-state index in [9.17, 15) is 4.79 Å². The molecule has 1 aliphatic rings. The predicted molar refractivity (Wildman–Crippen MR) is 64.0 cm³/mol. The molecule has 1 unspecified atom stereocenters. The van der Waals surface area contributed by atoms with Gasteiger partial charge < -0.3 is 4.74 Å². The summed E-state index contributed by atoms with van der Waals surface area (Å²) in [4.78, 5) is 12.3. The number of carbonyl (C=O) groups is 1. The molecule has 1 heterocycles. The van der Waals surface area contributed by atoms with Gasteiger partial charge in [0.25, 0.3) is 0 Å². The average molecular weight is 218 g/mol. The molecule has 0 N–H and O–H groups in total. The van der Waals surface area contributed by atoms with Gasteiger partial charge >= 0.3 is 0 Å². The van der Waals surface area contributed by atoms with Gasteiger partial charge in [-0.25, -0.2) is 0 Å². The van der Waals surface area contributed by atoms with Crippen molar-refractivity contribution < 1.29 is 9.53 Å². The number of benzene rings is 1. The van der Waals surface area contributed by atoms with E-state index >= 15 is 0 Å². The molecule has 0 aliphatic carbocycles. The Bertz CT molecular complexity index is 392. The summed E-state index contributed by atoms with van der Waals surface area (Å²) in [5.74, 6) is 0.160. The maximum Gasteiger partial charge on any atom is 0.192 e. The zero-order chi connectivity index (χ0) is 11.7. The summed E-state index contributed by atoms with van der Waals surface area (Å²) in [5, 5.41) is 0. The van der Waals surface area contributed by atoms with Crippen molar-refractivity contribution in [1.29, 1.82) is 0 Å². The molecule has 2 heteroatoms. The molecule has 16 heavy (non-hydrogen) atoms. The topological polar surface area (TPSA) is 26.3 Å². The molecule has 1 aromatic carbocycles. The van der Waals surface area contributed by atoms with Crippen LogP contribution in [0.4, 0.5) is 0 Å². The first-order valence-electron chi connectivity index (χ1n) is 5.83. The second kappa shape index (κ2) is 4.38. The van der Waals surface area contributed by atoms with E-state index in [1.807, 2.05) is 13.8 Å². The molecule has 1 aromatic rings. The predicted octanol–water partition coefficient (Wildman–Crippen LogP) is 2.97. The Labute approximate surface area is 96.6 Å². The SMILES string of the molecule is Cc1cc(C)c(C(=O)C2CCCO2)c(C)c1. The van der Waals surface area contributed by atoms with Crippen molar-refractivity contribution in [2.24, 2.45) is 0 Å². The number of Topliss-reactive ketones (excluding diaryl/α,β-unsaturated/α-hetero) is 1. The van der Waals surface area contributed by atoms with E-state index < -0.39 is 0 Å². The van der Waals surface area contributed by atoms with Gasteiger partial charge in [0, 0.05) is 12.2 Å². The molecule has 1 atom stereocenters. The standard InChI is InChI=1S/C14H18O2/c1-9-7-10(2)13(11(3)8-9)14(15)12-5-4-6-16-12/h7-8,12H,4-6H2,1-3H3. The highest BCUT2D eigenvalue weighted by atomic mass is 16.5. The normalized spacial score (nSPS) is 20.1. The smallest absolute Gasteiger partial charge is 0.192 e. The van der Waals surface area contributed by atoms with E-state index in [0.29, 0.717) is 0 Å². The molecule has 1 aliphatic heterocycles. The van der Waals surface area contributed by atoms with Crippen molar-refractivity contribution in [2.75, 3.05) is 6.61 Å². The lowest BCUT2D eigenvalue weighted by Gasteiger charge is -2.14. The van der Waals surface area contributed by atoms with Crippen LogP contribution < -0.4 is 0 Å². The highest BCUT2D eigenvalue weighted by molar-refractivity contribution is 6.02. The highest BCUT2D eigenvalue weighted by Gasteiger charge is 2.26. The highest BCUT2D eigenvalue weighted by Crippen LogP contribution is 2.23. The zero-order valence-corrected chi connectivity index (χ0v) is 10.2. The molecule has 1 fully saturated rings. The maximum absolute atomic E-state index is 12.3. The lowest BCUT2D eigenvalue weighted by Crippen LogP contribution is -2.21. The molecule has 0 radical (unpaired) electrons. The van der Waals surface area contributed by atoms with Gasteiger partial charge in [-0.1, -0.05) is 17.7 Å². The molecule has 1 saturated heterocycles. The fourth-order valence-electron chi connectivity index (χ4n) is 2.51. The van der Waals surface area contributed by atoms with Crippen molar-refractivity contribution in [3.63, 3.8) is 0 Å². The molecular weight excluding hydrogens is 200 g/mol. The van der Waals surface area contributed by atoms with Crippen molar-refractivity contribution in [3.8, 4) is 0 Å². The van der Waals surface area contributed by atoms with Gasteiger partial charge in [0.05, 0.1) is 0 Å². The Hall–Kier alpha value is -1.15. The lowest BCUT2D eigenvalue weighted by atomic mass is 9.93. The summed E-state index contributed by atoms with van der Waals surface area (Å²) in [6, 6.07) is 4.13. The Kier molecular flexibility index (Phi) is 3.10. The Morgan fingerprint density at radius 2 is 1.88 bits per heavy atom. The van der Waals surface area contributed by atoms with Crippen LogP contribution in [0.25, 0.3) is 0 Å². The van der Waals surface area contributed by atoms with Crippen LogP contribution in [0, 0.1) is 20.8 Å². The zero-order valence-electron chi connectivity index (χ0n) is 10.2. The van der Waals surface area contributed by atoms with Crippen LogP contribution in [0.5, 0.6) is 0 Å². The Morgan fingerprint density at radius 3 is 2.38 bits per heavy atom. The van der Waals surface area contributed by atoms with Crippen LogP contribution >= 0.6 is 0 Å². The van der Waals surface area contributed by atoms with Gasteiger partial charge in [-0.05, 0) is 44.7 Å². The molecule has 2 rings (SSSR count). The summed E-state index contributed by atoms with van der Waals surface area (Å²) < 4.78 is 5.46. The Balaban J connectivity index is 2.35. The van der Waals surface area contributed by atoms with E-state index in [2.05, 4.69) is 19.1 Å². The lowest BCUT2D eigenvalue weighted by molar-refractivity contribution is 0.0641. The summed E-state index contributed by atoms with van der Waals surface area (Å²) in [5.41, 5.74) is 4.20.